The van der Waals surface area contributed by atoms with Crippen molar-refractivity contribution in [2.45, 2.75) is 51.2 Å². The molecule has 0 saturated carbocycles. The van der Waals surface area contributed by atoms with Crippen LogP contribution in [0.5, 0.6) is 0 Å². The maximum Gasteiger partial charge on any atom is 0.505 e. The van der Waals surface area contributed by atoms with Crippen molar-refractivity contribution in [2.75, 3.05) is 13.2 Å². The lowest BCUT2D eigenvalue weighted by Crippen LogP contribution is -2.41. The van der Waals surface area contributed by atoms with Gasteiger partial charge in [-0.1, -0.05) is 6.07 Å². The highest BCUT2D eigenvalue weighted by Gasteiger charge is 2.52. The molecule has 0 bridgehead atoms. The summed E-state index contributed by atoms with van der Waals surface area (Å²) in [5.74, 6) is 0.557. The van der Waals surface area contributed by atoms with Gasteiger partial charge in [-0.05, 0) is 40.2 Å². The second-order valence-electron chi connectivity index (χ2n) is 6.39. The van der Waals surface area contributed by atoms with Gasteiger partial charge in [0.2, 0.25) is 0 Å². The van der Waals surface area contributed by atoms with Gasteiger partial charge in [0.25, 0.3) is 0 Å². The Balaban J connectivity index is 1.77. The first-order valence-electron chi connectivity index (χ1n) is 6.92. The van der Waals surface area contributed by atoms with Gasteiger partial charge in [0.05, 0.1) is 17.8 Å². The van der Waals surface area contributed by atoms with Crippen LogP contribution in [0.25, 0.3) is 0 Å². The lowest BCUT2D eigenvalue weighted by Gasteiger charge is -2.32. The van der Waals surface area contributed by atoms with Gasteiger partial charge in [0, 0.05) is 22.2 Å². The lowest BCUT2D eigenvalue weighted by molar-refractivity contribution is 0.00578. The van der Waals surface area contributed by atoms with Gasteiger partial charge in [-0.2, -0.15) is 0 Å². The fourth-order valence-corrected chi connectivity index (χ4v) is 3.52. The van der Waals surface area contributed by atoms with E-state index in [1.165, 1.54) is 9.65 Å². The fraction of sp³-hybridized carbons (Fsp3) is 0.714. The molecule has 0 aromatic carbocycles. The molecule has 3 heterocycles. The second kappa shape index (κ2) is 4.59. The van der Waals surface area contributed by atoms with Crippen LogP contribution in [0.4, 0.5) is 0 Å². The van der Waals surface area contributed by atoms with Crippen LogP contribution in [0.3, 0.4) is 0 Å². The predicted octanol–water partition coefficient (Wildman–Crippen LogP) is 2.55. The van der Waals surface area contributed by atoms with Gasteiger partial charge >= 0.3 is 7.12 Å². The Labute approximate surface area is 119 Å². The minimum atomic E-state index is -0.266. The van der Waals surface area contributed by atoms with Crippen molar-refractivity contribution < 1.29 is 14.0 Å². The molecule has 19 heavy (non-hydrogen) atoms. The van der Waals surface area contributed by atoms with E-state index in [0.29, 0.717) is 5.92 Å². The molecule has 1 aromatic rings. The molecule has 3 rings (SSSR count). The molecule has 3 nitrogen and oxygen atoms in total. The van der Waals surface area contributed by atoms with Gasteiger partial charge < -0.3 is 14.0 Å². The minimum Gasteiger partial charge on any atom is -0.399 e. The molecule has 2 saturated heterocycles. The number of rotatable bonds is 2. The van der Waals surface area contributed by atoms with Gasteiger partial charge in [-0.3, -0.25) is 0 Å². The van der Waals surface area contributed by atoms with Gasteiger partial charge in [0.15, 0.2) is 0 Å². The Morgan fingerprint density at radius 2 is 1.84 bits per heavy atom. The van der Waals surface area contributed by atoms with Crippen LogP contribution < -0.4 is 4.78 Å². The number of hydrogen-bond acceptors (Lipinski definition) is 4. The van der Waals surface area contributed by atoms with E-state index in [1.54, 1.807) is 11.3 Å². The van der Waals surface area contributed by atoms with E-state index in [0.717, 1.165) is 19.6 Å². The van der Waals surface area contributed by atoms with E-state index in [1.807, 2.05) is 0 Å². The first-order chi connectivity index (χ1) is 8.89. The summed E-state index contributed by atoms with van der Waals surface area (Å²) in [5.41, 5.74) is -0.531. The van der Waals surface area contributed by atoms with Crippen molar-refractivity contribution >= 4 is 23.2 Å². The summed E-state index contributed by atoms with van der Waals surface area (Å²) in [6.07, 6.45) is 1.13. The molecular weight excluding hydrogens is 259 g/mol. The molecule has 2 aliphatic heterocycles. The third-order valence-electron chi connectivity index (χ3n) is 4.47. The van der Waals surface area contributed by atoms with Crippen molar-refractivity contribution in [2.24, 2.45) is 0 Å². The van der Waals surface area contributed by atoms with Gasteiger partial charge in [-0.25, -0.2) is 0 Å². The van der Waals surface area contributed by atoms with Crippen molar-refractivity contribution in [3.63, 3.8) is 0 Å². The van der Waals surface area contributed by atoms with Gasteiger partial charge in [-0.15, -0.1) is 11.3 Å². The minimum absolute atomic E-state index is 0.230. The van der Waals surface area contributed by atoms with E-state index >= 15 is 0 Å². The number of thiophene rings is 1. The molecule has 0 N–H and O–H groups in total. The van der Waals surface area contributed by atoms with E-state index in [2.05, 4.69) is 39.8 Å². The topological polar surface area (TPSA) is 27.7 Å². The van der Waals surface area contributed by atoms with Crippen molar-refractivity contribution in [1.29, 1.82) is 0 Å². The molecule has 0 amide bonds. The van der Waals surface area contributed by atoms with Crippen LogP contribution in [0.1, 0.15) is 44.9 Å². The highest BCUT2D eigenvalue weighted by atomic mass is 32.1. The van der Waals surface area contributed by atoms with Crippen LogP contribution >= 0.6 is 11.3 Å². The summed E-state index contributed by atoms with van der Waals surface area (Å²) in [6, 6.07) is 4.34. The zero-order valence-electron chi connectivity index (χ0n) is 12.1. The molecular formula is C14H21BO3S. The molecule has 0 spiro atoms. The molecule has 2 aliphatic rings. The third-order valence-corrected chi connectivity index (χ3v) is 5.73. The van der Waals surface area contributed by atoms with Gasteiger partial charge in [0.1, 0.15) is 0 Å². The lowest BCUT2D eigenvalue weighted by atomic mass is 9.88. The molecule has 1 aromatic heterocycles. The molecule has 104 valence electrons. The monoisotopic (exact) mass is 280 g/mol. The molecule has 0 radical (unpaired) electrons. The molecule has 2 fully saturated rings. The summed E-state index contributed by atoms with van der Waals surface area (Å²) >= 11 is 1.80. The second-order valence-corrected chi connectivity index (χ2v) is 7.54. The van der Waals surface area contributed by atoms with E-state index in [4.69, 9.17) is 14.0 Å². The smallest absolute Gasteiger partial charge is 0.399 e. The Morgan fingerprint density at radius 3 is 2.42 bits per heavy atom. The Kier molecular flexibility index (Phi) is 3.29. The predicted molar refractivity (Wildman–Crippen MR) is 78.2 cm³/mol. The summed E-state index contributed by atoms with van der Waals surface area (Å²) in [6.45, 7) is 10.1. The highest BCUT2D eigenvalue weighted by molar-refractivity contribution is 7.22. The van der Waals surface area contributed by atoms with Crippen LogP contribution in [0, 0.1) is 0 Å². The van der Waals surface area contributed by atoms with Crippen LogP contribution in [-0.2, 0) is 14.0 Å². The molecule has 0 aliphatic carbocycles. The SMILES string of the molecule is CC1(C)OB(c2ccc(C3CCOC3)s2)OC1(C)C. The van der Waals surface area contributed by atoms with Crippen LogP contribution in [0.2, 0.25) is 0 Å². The first-order valence-corrected chi connectivity index (χ1v) is 7.74. The maximum absolute atomic E-state index is 6.08. The van der Waals surface area contributed by atoms with E-state index in [-0.39, 0.29) is 18.3 Å². The van der Waals surface area contributed by atoms with Crippen molar-refractivity contribution in [3.8, 4) is 0 Å². The van der Waals surface area contributed by atoms with Crippen molar-refractivity contribution in [1.82, 2.24) is 0 Å². The summed E-state index contributed by atoms with van der Waals surface area (Å²) < 4.78 is 18.8. The Hall–Kier alpha value is -0.355. The zero-order chi connectivity index (χ0) is 13.7. The number of ether oxygens (including phenoxy) is 1. The highest BCUT2D eigenvalue weighted by Crippen LogP contribution is 2.37. The Bertz CT molecular complexity index is 447. The van der Waals surface area contributed by atoms with Crippen LogP contribution in [0.15, 0.2) is 12.1 Å². The summed E-state index contributed by atoms with van der Waals surface area (Å²) in [5, 5.41) is 0. The summed E-state index contributed by atoms with van der Waals surface area (Å²) in [7, 11) is -0.230. The number of hydrogen-bond donors (Lipinski definition) is 0. The largest absolute Gasteiger partial charge is 0.505 e. The average Bonchev–Trinajstić information content (AvgIpc) is 3.00. The first kappa shape index (κ1) is 13.6. The van der Waals surface area contributed by atoms with E-state index in [9.17, 15) is 0 Å². The zero-order valence-corrected chi connectivity index (χ0v) is 12.9. The summed E-state index contributed by atoms with van der Waals surface area (Å²) in [4.78, 5) is 1.39. The Morgan fingerprint density at radius 1 is 1.16 bits per heavy atom. The third kappa shape index (κ3) is 2.37. The van der Waals surface area contributed by atoms with Crippen LogP contribution in [-0.4, -0.2) is 31.5 Å². The molecule has 5 heteroatoms. The average molecular weight is 280 g/mol. The molecule has 1 unspecified atom stereocenters. The molecule has 1 atom stereocenters. The van der Waals surface area contributed by atoms with Crippen molar-refractivity contribution in [3.05, 3.63) is 17.0 Å². The quantitative estimate of drug-likeness (QED) is 0.779. The maximum atomic E-state index is 6.08. The fourth-order valence-electron chi connectivity index (χ4n) is 2.43. The normalized spacial score (nSPS) is 29.1. The standard InChI is InChI=1S/C14H21BO3S/c1-13(2)14(3,4)18-15(17-13)12-6-5-11(19-12)10-7-8-16-9-10/h5-6,10H,7-9H2,1-4H3. The van der Waals surface area contributed by atoms with E-state index < -0.39 is 0 Å².